The summed E-state index contributed by atoms with van der Waals surface area (Å²) in [4.78, 5) is 23.9. The maximum atomic E-state index is 12.0. The quantitative estimate of drug-likeness (QED) is 0.201. The van der Waals surface area contributed by atoms with Crippen molar-refractivity contribution in [3.63, 3.8) is 0 Å². The average molecular weight is 434 g/mol. The number of aryl methyl sites for hydroxylation is 1. The van der Waals surface area contributed by atoms with Gasteiger partial charge in [0.15, 0.2) is 0 Å². The van der Waals surface area contributed by atoms with Crippen molar-refractivity contribution in [2.45, 2.75) is 104 Å². The molecule has 0 unspecified atom stereocenters. The highest BCUT2D eigenvalue weighted by Gasteiger charge is 2.14. The monoisotopic (exact) mass is 433 g/mol. The van der Waals surface area contributed by atoms with Crippen molar-refractivity contribution in [2.24, 2.45) is 0 Å². The van der Waals surface area contributed by atoms with Crippen LogP contribution in [0.2, 0.25) is 0 Å². The Morgan fingerprint density at radius 2 is 1.32 bits per heavy atom. The molecule has 0 aliphatic heterocycles. The summed E-state index contributed by atoms with van der Waals surface area (Å²) in [6, 6.07) is 5.21. The van der Waals surface area contributed by atoms with Gasteiger partial charge in [0.1, 0.15) is 0 Å². The predicted molar refractivity (Wildman–Crippen MR) is 128 cm³/mol. The fourth-order valence-electron chi connectivity index (χ4n) is 3.65. The van der Waals surface area contributed by atoms with Crippen LogP contribution in [0, 0.1) is 6.92 Å². The van der Waals surface area contributed by atoms with E-state index in [-0.39, 0.29) is 0 Å². The Balaban J connectivity index is 2.02. The summed E-state index contributed by atoms with van der Waals surface area (Å²) in [7, 11) is 1.32. The molecule has 0 saturated heterocycles. The third-order valence-electron chi connectivity index (χ3n) is 5.55. The normalized spacial score (nSPS) is 10.7. The summed E-state index contributed by atoms with van der Waals surface area (Å²) in [5, 5.41) is 2.64. The van der Waals surface area contributed by atoms with Crippen molar-refractivity contribution in [2.75, 3.05) is 19.0 Å². The van der Waals surface area contributed by atoms with Crippen molar-refractivity contribution in [1.29, 1.82) is 0 Å². The fraction of sp³-hybridized carbons (Fsp3) is 0.692. The van der Waals surface area contributed by atoms with Crippen LogP contribution in [0.25, 0.3) is 0 Å². The Kier molecular flexibility index (Phi) is 15.3. The summed E-state index contributed by atoms with van der Waals surface area (Å²) in [5.74, 6) is -0.481. The lowest BCUT2D eigenvalue weighted by atomic mass is 10.0. The van der Waals surface area contributed by atoms with E-state index in [1.54, 1.807) is 12.1 Å². The van der Waals surface area contributed by atoms with Gasteiger partial charge in [0, 0.05) is 0 Å². The minimum absolute atomic E-state index is 0.330. The van der Waals surface area contributed by atoms with Crippen LogP contribution in [0.5, 0.6) is 0 Å². The first-order chi connectivity index (χ1) is 15.1. The van der Waals surface area contributed by atoms with Gasteiger partial charge in [0.05, 0.1) is 25.0 Å². The third kappa shape index (κ3) is 13.1. The van der Waals surface area contributed by atoms with E-state index in [0.717, 1.165) is 18.4 Å². The standard InChI is InChI=1S/C26H43NO4/c1-4-5-6-7-8-9-10-11-12-13-14-15-16-17-20-31-26(29)27-24-19-18-22(2)21-23(24)25(28)30-3/h18-19,21H,4-17,20H2,1-3H3,(H,27,29). The highest BCUT2D eigenvalue weighted by atomic mass is 16.5. The van der Waals surface area contributed by atoms with Crippen LogP contribution < -0.4 is 5.32 Å². The number of nitrogens with one attached hydrogen (secondary N) is 1. The average Bonchev–Trinajstić information content (AvgIpc) is 2.77. The molecule has 0 fully saturated rings. The highest BCUT2D eigenvalue weighted by molar-refractivity contribution is 5.99. The topological polar surface area (TPSA) is 64.6 Å². The third-order valence-corrected chi connectivity index (χ3v) is 5.55. The molecule has 176 valence electrons. The second-order valence-electron chi connectivity index (χ2n) is 8.40. The van der Waals surface area contributed by atoms with Gasteiger partial charge in [-0.2, -0.15) is 0 Å². The first kappa shape index (κ1) is 27.0. The number of hydrogen-bond donors (Lipinski definition) is 1. The molecule has 0 atom stereocenters. The molecule has 1 N–H and O–H groups in total. The number of anilines is 1. The number of ether oxygens (including phenoxy) is 2. The Labute approximate surface area is 189 Å². The van der Waals surface area contributed by atoms with E-state index in [9.17, 15) is 9.59 Å². The van der Waals surface area contributed by atoms with Gasteiger partial charge in [-0.1, -0.05) is 102 Å². The number of rotatable bonds is 17. The SMILES string of the molecule is CCCCCCCCCCCCCCCCOC(=O)Nc1ccc(C)cc1C(=O)OC. The molecule has 5 nitrogen and oxygen atoms in total. The Hall–Kier alpha value is -2.04. The molecule has 1 aromatic carbocycles. The van der Waals surface area contributed by atoms with Gasteiger partial charge in [0.2, 0.25) is 0 Å². The molecular formula is C26H43NO4. The molecule has 0 radical (unpaired) electrons. The number of carbonyl (C=O) groups excluding carboxylic acids is 2. The smallest absolute Gasteiger partial charge is 0.411 e. The van der Waals surface area contributed by atoms with Crippen molar-refractivity contribution in [1.82, 2.24) is 0 Å². The van der Waals surface area contributed by atoms with Gasteiger partial charge in [-0.05, 0) is 25.5 Å². The summed E-state index contributed by atoms with van der Waals surface area (Å²) in [6.07, 6.45) is 17.6. The number of esters is 1. The van der Waals surface area contributed by atoms with E-state index >= 15 is 0 Å². The van der Waals surface area contributed by atoms with Crippen LogP contribution in [0.15, 0.2) is 18.2 Å². The number of methoxy groups -OCH3 is 1. The molecule has 1 aromatic rings. The lowest BCUT2D eigenvalue weighted by molar-refractivity contribution is 0.0602. The van der Waals surface area contributed by atoms with Gasteiger partial charge in [-0.3, -0.25) is 5.32 Å². The van der Waals surface area contributed by atoms with Gasteiger partial charge < -0.3 is 9.47 Å². The van der Waals surface area contributed by atoms with Crippen LogP contribution in [-0.2, 0) is 9.47 Å². The maximum absolute atomic E-state index is 12.0. The molecule has 0 spiro atoms. The van der Waals surface area contributed by atoms with E-state index in [1.807, 2.05) is 13.0 Å². The number of benzene rings is 1. The summed E-state index contributed by atoms with van der Waals surface area (Å²) >= 11 is 0. The van der Waals surface area contributed by atoms with Crippen molar-refractivity contribution >= 4 is 17.7 Å². The number of hydrogen-bond acceptors (Lipinski definition) is 4. The second-order valence-corrected chi connectivity index (χ2v) is 8.40. The van der Waals surface area contributed by atoms with Crippen LogP contribution in [0.3, 0.4) is 0 Å². The maximum Gasteiger partial charge on any atom is 0.411 e. The van der Waals surface area contributed by atoms with Gasteiger partial charge >= 0.3 is 12.1 Å². The van der Waals surface area contributed by atoms with Gasteiger partial charge in [-0.15, -0.1) is 0 Å². The lowest BCUT2D eigenvalue weighted by Gasteiger charge is -2.11. The number of unbranched alkanes of at least 4 members (excludes halogenated alkanes) is 13. The highest BCUT2D eigenvalue weighted by Crippen LogP contribution is 2.19. The molecule has 0 aliphatic rings. The first-order valence-electron chi connectivity index (χ1n) is 12.2. The molecular weight excluding hydrogens is 390 g/mol. The molecule has 0 aliphatic carbocycles. The summed E-state index contributed by atoms with van der Waals surface area (Å²) in [5.41, 5.74) is 1.65. The van der Waals surface area contributed by atoms with Crippen LogP contribution in [0.1, 0.15) is 113 Å². The molecule has 0 aromatic heterocycles. The van der Waals surface area contributed by atoms with E-state index < -0.39 is 12.1 Å². The minimum Gasteiger partial charge on any atom is -0.465 e. The summed E-state index contributed by atoms with van der Waals surface area (Å²) < 4.78 is 10.0. The molecule has 0 heterocycles. The fourth-order valence-corrected chi connectivity index (χ4v) is 3.65. The Bertz CT molecular complexity index is 630. The predicted octanol–water partition coefficient (Wildman–Crippen LogP) is 7.81. The Morgan fingerprint density at radius 3 is 1.84 bits per heavy atom. The van der Waals surface area contributed by atoms with Gasteiger partial charge in [-0.25, -0.2) is 9.59 Å². The largest absolute Gasteiger partial charge is 0.465 e. The van der Waals surface area contributed by atoms with E-state index in [4.69, 9.17) is 9.47 Å². The lowest BCUT2D eigenvalue weighted by Crippen LogP contribution is -2.17. The van der Waals surface area contributed by atoms with Crippen LogP contribution in [0.4, 0.5) is 10.5 Å². The van der Waals surface area contributed by atoms with Crippen LogP contribution >= 0.6 is 0 Å². The molecule has 1 amide bonds. The van der Waals surface area contributed by atoms with E-state index in [0.29, 0.717) is 17.9 Å². The summed E-state index contributed by atoms with van der Waals surface area (Å²) in [6.45, 7) is 4.53. The number of carbonyl (C=O) groups is 2. The van der Waals surface area contributed by atoms with Gasteiger partial charge in [0.25, 0.3) is 0 Å². The van der Waals surface area contributed by atoms with E-state index in [1.165, 1.54) is 84.2 Å². The van der Waals surface area contributed by atoms with Crippen molar-refractivity contribution in [3.05, 3.63) is 29.3 Å². The molecule has 0 saturated carbocycles. The number of amides is 1. The van der Waals surface area contributed by atoms with Crippen LogP contribution in [-0.4, -0.2) is 25.8 Å². The van der Waals surface area contributed by atoms with Crippen molar-refractivity contribution < 1.29 is 19.1 Å². The minimum atomic E-state index is -0.538. The zero-order chi connectivity index (χ0) is 22.7. The van der Waals surface area contributed by atoms with Crippen molar-refractivity contribution in [3.8, 4) is 0 Å². The Morgan fingerprint density at radius 1 is 0.806 bits per heavy atom. The van der Waals surface area contributed by atoms with E-state index in [2.05, 4.69) is 12.2 Å². The zero-order valence-electron chi connectivity index (χ0n) is 20.0. The molecule has 0 bridgehead atoms. The zero-order valence-corrected chi connectivity index (χ0v) is 20.0. The molecule has 5 heteroatoms. The second kappa shape index (κ2) is 17.6. The first-order valence-corrected chi connectivity index (χ1v) is 12.2. The molecule has 31 heavy (non-hydrogen) atoms. The molecule has 1 rings (SSSR count).